The topological polar surface area (TPSA) is 191 Å². The van der Waals surface area contributed by atoms with Gasteiger partial charge in [-0.1, -0.05) is 115 Å². The van der Waals surface area contributed by atoms with Crippen LogP contribution >= 0.6 is 11.6 Å². The molecule has 0 aliphatic heterocycles. The average Bonchev–Trinajstić information content (AvgIpc) is 3.44. The Morgan fingerprint density at radius 2 is 1.14 bits per heavy atom. The van der Waals surface area contributed by atoms with Gasteiger partial charge in [-0.15, -0.1) is 0 Å². The molecule has 0 fully saturated rings. The van der Waals surface area contributed by atoms with Crippen LogP contribution in [0.3, 0.4) is 0 Å². The van der Waals surface area contributed by atoms with Gasteiger partial charge in [0.2, 0.25) is 40.7 Å². The minimum atomic E-state index is -2.49. The monoisotopic (exact) mass is 1070 g/mol. The van der Waals surface area contributed by atoms with Crippen LogP contribution in [-0.2, 0) is 61.3 Å². The molecule has 0 heterocycles. The van der Waals surface area contributed by atoms with E-state index in [1.807, 2.05) is 6.07 Å². The highest BCUT2D eigenvalue weighted by molar-refractivity contribution is 6.31. The summed E-state index contributed by atoms with van der Waals surface area (Å²) in [7, 11) is 3.99. The predicted molar refractivity (Wildman–Crippen MR) is 267 cm³/mol. The Bertz CT molecular complexity index is 2950. The van der Waals surface area contributed by atoms with Crippen molar-refractivity contribution in [3.05, 3.63) is 189 Å². The number of nitrogens with zero attached hydrogens (tertiary/aromatic N) is 1. The van der Waals surface area contributed by atoms with E-state index in [1.165, 1.54) is 32.3 Å². The molecule has 4 N–H and O–H groups in total. The smallest absolute Gasteiger partial charge is 0.408 e. The van der Waals surface area contributed by atoms with Gasteiger partial charge >= 0.3 is 24.1 Å². The molecule has 0 aliphatic rings. The van der Waals surface area contributed by atoms with Crippen molar-refractivity contribution in [3.8, 4) is 22.6 Å². The van der Waals surface area contributed by atoms with Crippen LogP contribution in [0.15, 0.2) is 127 Å². The van der Waals surface area contributed by atoms with E-state index in [2.05, 4.69) is 16.0 Å². The Kier molecular flexibility index (Phi) is 20.7. The average molecular weight is 1080 g/mol. The van der Waals surface area contributed by atoms with Crippen molar-refractivity contribution in [1.29, 1.82) is 0 Å². The first-order chi connectivity index (χ1) is 36.5. The summed E-state index contributed by atoms with van der Waals surface area (Å²) in [6.07, 6.45) is -4.18. The molecular weight excluding hydrogens is 1020 g/mol. The highest BCUT2D eigenvalue weighted by Gasteiger charge is 2.35. The van der Waals surface area contributed by atoms with Crippen LogP contribution in [0.5, 0.6) is 11.5 Å². The molecular formula is C55H52ClF5N4O11. The number of hydrogen-bond acceptors (Lipinski definition) is 12. The third kappa shape index (κ3) is 15.5. The molecule has 0 radical (unpaired) electrons. The number of amides is 3. The van der Waals surface area contributed by atoms with Crippen LogP contribution in [0, 0.1) is 29.1 Å². The molecule has 6 rings (SSSR count). The largest absolute Gasteiger partial charge is 0.489 e. The van der Waals surface area contributed by atoms with Crippen LogP contribution in [0.2, 0.25) is 5.02 Å². The third-order valence-corrected chi connectivity index (χ3v) is 12.2. The molecule has 0 aliphatic carbocycles. The summed E-state index contributed by atoms with van der Waals surface area (Å²) in [6, 6.07) is 31.4. The van der Waals surface area contributed by atoms with Crippen LogP contribution < -0.4 is 25.4 Å². The van der Waals surface area contributed by atoms with Crippen molar-refractivity contribution in [2.24, 2.45) is 0 Å². The second-order valence-electron chi connectivity index (χ2n) is 17.1. The lowest BCUT2D eigenvalue weighted by Crippen LogP contribution is -2.52. The number of hydrogen-bond donors (Lipinski definition) is 4. The summed E-state index contributed by atoms with van der Waals surface area (Å²) in [5.41, 5.74) is 3.40. The van der Waals surface area contributed by atoms with Gasteiger partial charge in [0.25, 0.3) is 0 Å². The van der Waals surface area contributed by atoms with E-state index in [9.17, 15) is 51.0 Å². The zero-order valence-corrected chi connectivity index (χ0v) is 41.9. The van der Waals surface area contributed by atoms with E-state index >= 15 is 0 Å². The maximum absolute atomic E-state index is 14.9. The summed E-state index contributed by atoms with van der Waals surface area (Å²) in [4.78, 5) is 68.0. The normalized spacial score (nSPS) is 12.6. The van der Waals surface area contributed by atoms with Gasteiger partial charge in [-0.3, -0.25) is 4.79 Å². The minimum absolute atomic E-state index is 0.00117. The van der Waals surface area contributed by atoms with Gasteiger partial charge in [-0.2, -0.15) is 8.78 Å². The van der Waals surface area contributed by atoms with Crippen molar-refractivity contribution in [1.82, 2.24) is 20.9 Å². The molecule has 0 aromatic heterocycles. The molecule has 6 aromatic rings. The number of benzene rings is 6. The first-order valence-electron chi connectivity index (χ1n) is 23.4. The molecule has 4 atom stereocenters. The van der Waals surface area contributed by atoms with Crippen LogP contribution in [0.25, 0.3) is 11.1 Å². The molecule has 0 spiro atoms. The Morgan fingerprint density at radius 3 is 1.70 bits per heavy atom. The summed E-state index contributed by atoms with van der Waals surface area (Å²) in [5, 5.41) is 18.6. The number of carbonyl (C=O) groups excluding carboxylic acids is 5. The zero-order chi connectivity index (χ0) is 54.9. The maximum Gasteiger partial charge on any atom is 0.408 e. The third-order valence-electron chi connectivity index (χ3n) is 11.8. The van der Waals surface area contributed by atoms with Gasteiger partial charge in [-0.25, -0.2) is 32.3 Å². The van der Waals surface area contributed by atoms with E-state index in [0.717, 1.165) is 23.1 Å². The number of ether oxygens (including phenoxy) is 5. The van der Waals surface area contributed by atoms with Crippen molar-refractivity contribution >= 4 is 41.6 Å². The predicted octanol–water partition coefficient (Wildman–Crippen LogP) is 8.53. The number of likely N-dealkylation sites (N-methyl/N-ethyl adjacent to an activating group) is 2. The first-order valence-corrected chi connectivity index (χ1v) is 23.8. The van der Waals surface area contributed by atoms with E-state index in [4.69, 9.17) is 35.3 Å². The molecule has 0 saturated carbocycles. The summed E-state index contributed by atoms with van der Waals surface area (Å²) < 4.78 is 98.9. The molecule has 21 heteroatoms. The number of aliphatic hydroxyl groups is 1. The van der Waals surface area contributed by atoms with Gasteiger partial charge in [0.05, 0.1) is 19.3 Å². The summed E-state index contributed by atoms with van der Waals surface area (Å²) in [6.45, 7) is -0.561. The lowest BCUT2D eigenvalue weighted by molar-refractivity contribution is -0.152. The van der Waals surface area contributed by atoms with Crippen molar-refractivity contribution < 1.29 is 74.7 Å². The second-order valence-corrected chi connectivity index (χ2v) is 17.5. The Balaban J connectivity index is 1.26. The van der Waals surface area contributed by atoms with Gasteiger partial charge in [0.15, 0.2) is 0 Å². The van der Waals surface area contributed by atoms with Gasteiger partial charge in [0.1, 0.15) is 37.7 Å². The molecule has 6 aromatic carbocycles. The van der Waals surface area contributed by atoms with Crippen molar-refractivity contribution in [3.63, 3.8) is 0 Å². The second kappa shape index (κ2) is 27.5. The number of aliphatic hydroxyl groups excluding tert-OH is 1. The molecule has 0 saturated heterocycles. The minimum Gasteiger partial charge on any atom is -0.489 e. The Labute approximate surface area is 438 Å². The fraction of sp³-hybridized carbons (Fsp3) is 0.255. The number of rotatable bonds is 23. The van der Waals surface area contributed by atoms with Crippen LogP contribution in [0.1, 0.15) is 34.2 Å². The lowest BCUT2D eigenvalue weighted by atomic mass is 9.95. The molecule has 0 bridgehead atoms. The van der Waals surface area contributed by atoms with Gasteiger partial charge < -0.3 is 49.6 Å². The summed E-state index contributed by atoms with van der Waals surface area (Å²) >= 11 is 6.74. The van der Waals surface area contributed by atoms with Crippen LogP contribution in [0.4, 0.5) is 31.5 Å². The van der Waals surface area contributed by atoms with E-state index < -0.39 is 95.5 Å². The highest BCUT2D eigenvalue weighted by Crippen LogP contribution is 2.33. The lowest BCUT2D eigenvalue weighted by Gasteiger charge is -2.30. The fourth-order valence-corrected chi connectivity index (χ4v) is 7.86. The van der Waals surface area contributed by atoms with Crippen LogP contribution in [-0.4, -0.2) is 92.0 Å². The number of esters is 2. The number of nitrogens with one attached hydrogen (secondary N) is 3. The van der Waals surface area contributed by atoms with Gasteiger partial charge in [0, 0.05) is 31.5 Å². The Morgan fingerprint density at radius 1 is 0.632 bits per heavy atom. The first kappa shape index (κ1) is 57.2. The Hall–Kier alpha value is -8.07. The number of methoxy groups -OCH3 is 1. The van der Waals surface area contributed by atoms with Crippen molar-refractivity contribution in [2.45, 2.75) is 63.3 Å². The molecule has 76 heavy (non-hydrogen) atoms. The molecule has 15 nitrogen and oxygen atoms in total. The number of alkyl carbamates (subject to hydrolysis) is 2. The number of halogens is 6. The number of carbonyl (C=O) groups is 5. The standard InChI is InChI=1S/C55H52ClF5N4O11/c1-62-41(27-39(66)28-63-54(70)74-30-33-15-9-5-10-16-33)51(67)65(2)43(53(69)72-3)26-37-23-35(19-21-40(37)56)36-20-22-44(73-29-32-13-7-4-8-14-32)38(24-36)25-42(64-55(71)75-31-34-17-11-6-12-18-34)52(68)76-50-48(60)46(58)45(57)47(59)49(50)61/h4-24,39,41-43,62,66H,25-31H2,1-3H3,(H,63,70)(H,64,71)/t39-,41+,42+,43+/m1/s1. The quantitative estimate of drug-likeness (QED) is 0.0120. The molecule has 3 amide bonds. The maximum atomic E-state index is 14.9. The fourth-order valence-electron chi connectivity index (χ4n) is 7.67. The summed E-state index contributed by atoms with van der Waals surface area (Å²) in [5.74, 6) is -17.0. The van der Waals surface area contributed by atoms with E-state index in [0.29, 0.717) is 22.3 Å². The van der Waals surface area contributed by atoms with Gasteiger partial charge in [-0.05, 0) is 76.7 Å². The SMILES string of the molecule is CN[C@@H](C[C@@H](O)CNC(=O)OCc1ccccc1)C(=O)N(C)[C@@H](Cc1cc(-c2ccc(OCc3ccccc3)c(C[C@H](NC(=O)OCc3ccccc3)C(=O)Oc3c(F)c(F)c(F)c(F)c3F)c2)ccc1Cl)C(=O)OC. The van der Waals surface area contributed by atoms with E-state index in [1.54, 1.807) is 103 Å². The highest BCUT2D eigenvalue weighted by atomic mass is 35.5. The van der Waals surface area contributed by atoms with E-state index in [-0.39, 0.29) is 55.5 Å². The van der Waals surface area contributed by atoms with Crippen molar-refractivity contribution in [2.75, 3.05) is 27.7 Å². The molecule has 400 valence electrons. The molecule has 0 unspecified atom stereocenters. The zero-order valence-electron chi connectivity index (χ0n) is 41.1.